The SMILES string of the molecule is C=CCCCCOC(=O)C1=C(C)/C(=C/C(=O)OCCCCCC)C(c2ccc(-c3cc(C(=O)OCCCCC=C)cc(C(=O)OCCCCC)c3C)s2)=C1. The van der Waals surface area contributed by atoms with Crippen molar-refractivity contribution < 1.29 is 38.1 Å². The van der Waals surface area contributed by atoms with E-state index in [1.165, 1.54) is 17.4 Å². The number of rotatable bonds is 25. The van der Waals surface area contributed by atoms with Crippen LogP contribution in [0.5, 0.6) is 0 Å². The van der Waals surface area contributed by atoms with E-state index >= 15 is 0 Å². The van der Waals surface area contributed by atoms with Gasteiger partial charge in [-0.25, -0.2) is 19.2 Å². The van der Waals surface area contributed by atoms with E-state index in [0.29, 0.717) is 58.6 Å². The van der Waals surface area contributed by atoms with E-state index in [2.05, 4.69) is 27.0 Å². The van der Waals surface area contributed by atoms with Crippen molar-refractivity contribution in [1.82, 2.24) is 0 Å². The summed E-state index contributed by atoms with van der Waals surface area (Å²) in [5, 5.41) is 0. The molecule has 292 valence electrons. The van der Waals surface area contributed by atoms with Gasteiger partial charge in [0.2, 0.25) is 0 Å². The number of unbranched alkanes of at least 4 members (excludes halogenated alkanes) is 9. The molecular formula is C45H58O8S. The molecule has 0 unspecified atom stereocenters. The molecule has 0 fully saturated rings. The number of esters is 4. The molecule has 54 heavy (non-hydrogen) atoms. The monoisotopic (exact) mass is 758 g/mol. The first-order valence-electron chi connectivity index (χ1n) is 19.5. The molecule has 1 aliphatic carbocycles. The van der Waals surface area contributed by atoms with E-state index in [1.54, 1.807) is 18.2 Å². The van der Waals surface area contributed by atoms with Gasteiger partial charge in [-0.2, -0.15) is 0 Å². The van der Waals surface area contributed by atoms with Gasteiger partial charge in [0.15, 0.2) is 0 Å². The van der Waals surface area contributed by atoms with Crippen molar-refractivity contribution in [3.05, 3.63) is 100 Å². The summed E-state index contributed by atoms with van der Waals surface area (Å²) in [6.07, 6.45) is 18.4. The van der Waals surface area contributed by atoms with Crippen LogP contribution in [0.15, 0.2) is 78.4 Å². The Morgan fingerprint density at radius 2 is 1.22 bits per heavy atom. The standard InChI is InChI=1S/C45H58O8S/c1-7-11-15-19-24-50-42(46)31-35-32(5)38(45(49)53-27-21-17-13-9-3)30-39(35)41-23-22-40(54-41)36-28-34(43(47)51-26-20-16-12-8-2)29-37(33(36)6)44(48)52-25-18-14-10-4/h8-9,22-23,28-31H,2-3,7,10-21,24-27H2,1,4-6H3/b35-31-. The fraction of sp³-hybridized carbons (Fsp3) is 0.467. The summed E-state index contributed by atoms with van der Waals surface area (Å²) in [5.74, 6) is -1.94. The van der Waals surface area contributed by atoms with Gasteiger partial charge in [-0.15, -0.1) is 24.5 Å². The van der Waals surface area contributed by atoms with Crippen LogP contribution in [0, 0.1) is 6.92 Å². The molecule has 1 heterocycles. The molecule has 8 nitrogen and oxygen atoms in total. The lowest BCUT2D eigenvalue weighted by Crippen LogP contribution is -2.13. The molecule has 0 radical (unpaired) electrons. The number of hydrogen-bond acceptors (Lipinski definition) is 9. The Kier molecular flexibility index (Phi) is 19.5. The van der Waals surface area contributed by atoms with Gasteiger partial charge in [0, 0.05) is 21.4 Å². The number of benzene rings is 1. The Morgan fingerprint density at radius 3 is 1.87 bits per heavy atom. The van der Waals surface area contributed by atoms with Gasteiger partial charge >= 0.3 is 23.9 Å². The highest BCUT2D eigenvalue weighted by Gasteiger charge is 2.28. The second-order valence-corrected chi connectivity index (χ2v) is 14.5. The Bertz CT molecular complexity index is 1710. The van der Waals surface area contributed by atoms with E-state index in [0.717, 1.165) is 86.8 Å². The minimum atomic E-state index is -0.518. The second-order valence-electron chi connectivity index (χ2n) is 13.4. The molecule has 0 atom stereocenters. The summed E-state index contributed by atoms with van der Waals surface area (Å²) < 4.78 is 22.4. The van der Waals surface area contributed by atoms with Gasteiger partial charge in [-0.05, 0) is 118 Å². The summed E-state index contributed by atoms with van der Waals surface area (Å²) in [7, 11) is 0. The molecule has 0 saturated heterocycles. The molecule has 0 N–H and O–H groups in total. The first-order chi connectivity index (χ1) is 26.2. The van der Waals surface area contributed by atoms with E-state index in [-0.39, 0.29) is 18.8 Å². The normalized spacial score (nSPS) is 13.1. The van der Waals surface area contributed by atoms with Crippen LogP contribution in [0.2, 0.25) is 0 Å². The number of carbonyl (C=O) groups is 4. The zero-order chi connectivity index (χ0) is 39.3. The zero-order valence-electron chi connectivity index (χ0n) is 32.7. The maximum absolute atomic E-state index is 13.4. The lowest BCUT2D eigenvalue weighted by atomic mass is 9.97. The highest BCUT2D eigenvalue weighted by Crippen LogP contribution is 2.43. The second kappa shape index (κ2) is 24.0. The maximum Gasteiger partial charge on any atom is 0.338 e. The van der Waals surface area contributed by atoms with Crippen LogP contribution in [0.1, 0.15) is 135 Å². The van der Waals surface area contributed by atoms with Crippen molar-refractivity contribution in [2.45, 2.75) is 111 Å². The summed E-state index contributed by atoms with van der Waals surface area (Å²) >= 11 is 1.43. The summed E-state index contributed by atoms with van der Waals surface area (Å²) in [5.41, 5.74) is 4.20. The molecule has 1 aliphatic rings. The average Bonchev–Trinajstić information content (AvgIpc) is 3.77. The van der Waals surface area contributed by atoms with Gasteiger partial charge in [0.25, 0.3) is 0 Å². The molecule has 0 bridgehead atoms. The number of carbonyl (C=O) groups excluding carboxylic acids is 4. The highest BCUT2D eigenvalue weighted by molar-refractivity contribution is 7.16. The smallest absolute Gasteiger partial charge is 0.338 e. The summed E-state index contributed by atoms with van der Waals surface area (Å²) in [6.45, 7) is 16.5. The first-order valence-corrected chi connectivity index (χ1v) is 20.3. The summed E-state index contributed by atoms with van der Waals surface area (Å²) in [6, 6.07) is 7.13. The van der Waals surface area contributed by atoms with Crippen molar-refractivity contribution in [3.8, 4) is 10.4 Å². The maximum atomic E-state index is 13.4. The molecule has 1 aromatic heterocycles. The van der Waals surface area contributed by atoms with Crippen LogP contribution in [-0.4, -0.2) is 50.3 Å². The van der Waals surface area contributed by atoms with Crippen LogP contribution in [-0.2, 0) is 28.5 Å². The molecule has 0 spiro atoms. The Morgan fingerprint density at radius 1 is 0.667 bits per heavy atom. The van der Waals surface area contributed by atoms with Gasteiger partial charge < -0.3 is 18.9 Å². The zero-order valence-corrected chi connectivity index (χ0v) is 33.5. The largest absolute Gasteiger partial charge is 0.463 e. The summed E-state index contributed by atoms with van der Waals surface area (Å²) in [4.78, 5) is 54.6. The fourth-order valence-electron chi connectivity index (χ4n) is 5.93. The molecular weight excluding hydrogens is 701 g/mol. The molecule has 2 aromatic rings. The molecule has 9 heteroatoms. The van der Waals surface area contributed by atoms with E-state index in [9.17, 15) is 19.2 Å². The number of allylic oxidation sites excluding steroid dienone is 5. The van der Waals surface area contributed by atoms with Crippen LogP contribution in [0.25, 0.3) is 16.0 Å². The third kappa shape index (κ3) is 13.4. The predicted molar refractivity (Wildman–Crippen MR) is 217 cm³/mol. The molecule has 0 amide bonds. The third-order valence-corrected chi connectivity index (χ3v) is 10.3. The lowest BCUT2D eigenvalue weighted by molar-refractivity contribution is -0.139. The Labute approximate surface area is 326 Å². The highest BCUT2D eigenvalue weighted by atomic mass is 32.1. The topological polar surface area (TPSA) is 105 Å². The van der Waals surface area contributed by atoms with Crippen LogP contribution < -0.4 is 0 Å². The Balaban J connectivity index is 1.99. The fourth-order valence-corrected chi connectivity index (χ4v) is 7.04. The molecule has 0 aliphatic heterocycles. The lowest BCUT2D eigenvalue weighted by Gasteiger charge is -2.14. The molecule has 3 rings (SSSR count). The van der Waals surface area contributed by atoms with Gasteiger partial charge in [-0.3, -0.25) is 0 Å². The van der Waals surface area contributed by atoms with Gasteiger partial charge in [0.05, 0.1) is 43.1 Å². The Hall–Kier alpha value is -4.50. The van der Waals surface area contributed by atoms with Crippen molar-refractivity contribution in [2.24, 2.45) is 0 Å². The minimum absolute atomic E-state index is 0.256. The molecule has 0 saturated carbocycles. The van der Waals surface area contributed by atoms with E-state index < -0.39 is 23.9 Å². The minimum Gasteiger partial charge on any atom is -0.463 e. The van der Waals surface area contributed by atoms with Crippen LogP contribution in [0.4, 0.5) is 0 Å². The van der Waals surface area contributed by atoms with E-state index in [4.69, 9.17) is 18.9 Å². The van der Waals surface area contributed by atoms with Gasteiger partial charge in [-0.1, -0.05) is 58.1 Å². The van der Waals surface area contributed by atoms with Crippen molar-refractivity contribution >= 4 is 40.8 Å². The first kappa shape index (κ1) is 43.9. The predicted octanol–water partition coefficient (Wildman–Crippen LogP) is 11.2. The van der Waals surface area contributed by atoms with E-state index in [1.807, 2.05) is 38.1 Å². The van der Waals surface area contributed by atoms with Crippen molar-refractivity contribution in [2.75, 3.05) is 26.4 Å². The van der Waals surface area contributed by atoms with Crippen LogP contribution >= 0.6 is 11.3 Å². The average molecular weight is 759 g/mol. The number of hydrogen-bond donors (Lipinski definition) is 0. The van der Waals surface area contributed by atoms with Gasteiger partial charge in [0.1, 0.15) is 0 Å². The quantitative estimate of drug-likeness (QED) is 0.0324. The third-order valence-electron chi connectivity index (χ3n) is 9.16. The van der Waals surface area contributed by atoms with Crippen LogP contribution in [0.3, 0.4) is 0 Å². The number of thiophene rings is 1. The van der Waals surface area contributed by atoms with Crippen molar-refractivity contribution in [1.29, 1.82) is 0 Å². The number of ether oxygens (including phenoxy) is 4. The van der Waals surface area contributed by atoms with Crippen molar-refractivity contribution in [3.63, 3.8) is 0 Å². The molecule has 1 aromatic carbocycles.